The van der Waals surface area contributed by atoms with Crippen LogP contribution >= 0.6 is 0 Å². The van der Waals surface area contributed by atoms with E-state index in [1.165, 1.54) is 13.0 Å². The topological polar surface area (TPSA) is 100 Å². The number of amides is 3. The highest BCUT2D eigenvalue weighted by Gasteiger charge is 2.13. The second-order valence-electron chi connectivity index (χ2n) is 6.39. The Kier molecular flexibility index (Phi) is 5.99. The number of carbonyl (C=O) groups excluding carboxylic acids is 3. The van der Waals surface area contributed by atoms with Crippen molar-refractivity contribution in [1.82, 2.24) is 4.98 Å². The number of nitrogens with zero attached hydrogens (tertiary/aromatic N) is 1. The molecule has 0 aliphatic carbocycles. The van der Waals surface area contributed by atoms with Crippen LogP contribution in [0, 0.1) is 6.92 Å². The van der Waals surface area contributed by atoms with Crippen LogP contribution in [0.4, 0.5) is 17.1 Å². The number of nitrogens with one attached hydrogen (secondary N) is 3. The molecule has 1 aromatic heterocycles. The van der Waals surface area contributed by atoms with E-state index in [4.69, 9.17) is 0 Å². The average molecular weight is 388 g/mol. The molecule has 0 bridgehead atoms. The molecule has 3 rings (SSSR count). The number of carbonyl (C=O) groups is 3. The van der Waals surface area contributed by atoms with Crippen LogP contribution in [0.5, 0.6) is 0 Å². The summed E-state index contributed by atoms with van der Waals surface area (Å²) in [6, 6.07) is 18.8. The molecule has 0 unspecified atom stereocenters. The molecule has 0 aliphatic heterocycles. The number of benzene rings is 2. The van der Waals surface area contributed by atoms with Crippen molar-refractivity contribution >= 4 is 34.8 Å². The lowest BCUT2D eigenvalue weighted by Crippen LogP contribution is -2.18. The van der Waals surface area contributed by atoms with Gasteiger partial charge in [-0.2, -0.15) is 0 Å². The van der Waals surface area contributed by atoms with Crippen LogP contribution in [-0.2, 0) is 4.79 Å². The van der Waals surface area contributed by atoms with E-state index in [2.05, 4.69) is 20.9 Å². The summed E-state index contributed by atoms with van der Waals surface area (Å²) in [7, 11) is 0. The van der Waals surface area contributed by atoms with E-state index >= 15 is 0 Å². The zero-order chi connectivity index (χ0) is 20.8. The molecule has 0 spiro atoms. The van der Waals surface area contributed by atoms with Gasteiger partial charge in [0.15, 0.2) is 0 Å². The van der Waals surface area contributed by atoms with Crippen LogP contribution in [-0.4, -0.2) is 22.7 Å². The van der Waals surface area contributed by atoms with Gasteiger partial charge in [-0.1, -0.05) is 24.3 Å². The van der Waals surface area contributed by atoms with Crippen molar-refractivity contribution in [3.63, 3.8) is 0 Å². The van der Waals surface area contributed by atoms with E-state index < -0.39 is 11.8 Å². The van der Waals surface area contributed by atoms with Gasteiger partial charge in [-0.05, 0) is 55.0 Å². The normalized spacial score (nSPS) is 10.1. The van der Waals surface area contributed by atoms with Gasteiger partial charge in [0.2, 0.25) is 5.91 Å². The first kappa shape index (κ1) is 19.8. The van der Waals surface area contributed by atoms with E-state index in [1.54, 1.807) is 42.5 Å². The predicted molar refractivity (Wildman–Crippen MR) is 112 cm³/mol. The van der Waals surface area contributed by atoms with Crippen LogP contribution in [0.15, 0.2) is 66.7 Å². The Morgan fingerprint density at radius 2 is 1.24 bits per heavy atom. The van der Waals surface area contributed by atoms with Crippen LogP contribution < -0.4 is 16.0 Å². The summed E-state index contributed by atoms with van der Waals surface area (Å²) in [5.41, 5.74) is 3.05. The first-order valence-electron chi connectivity index (χ1n) is 8.95. The van der Waals surface area contributed by atoms with Gasteiger partial charge in [0, 0.05) is 24.0 Å². The first-order valence-corrected chi connectivity index (χ1v) is 8.95. The van der Waals surface area contributed by atoms with Crippen LogP contribution in [0.3, 0.4) is 0 Å². The predicted octanol–water partition coefficient (Wildman–Crippen LogP) is 3.85. The Morgan fingerprint density at radius 3 is 1.83 bits per heavy atom. The van der Waals surface area contributed by atoms with Gasteiger partial charge < -0.3 is 16.0 Å². The van der Waals surface area contributed by atoms with Crippen molar-refractivity contribution in [1.29, 1.82) is 0 Å². The van der Waals surface area contributed by atoms with Crippen molar-refractivity contribution in [2.24, 2.45) is 0 Å². The number of aryl methyl sites for hydroxylation is 1. The van der Waals surface area contributed by atoms with E-state index in [0.29, 0.717) is 17.1 Å². The van der Waals surface area contributed by atoms with E-state index in [0.717, 1.165) is 5.56 Å². The van der Waals surface area contributed by atoms with Gasteiger partial charge >= 0.3 is 0 Å². The fourth-order valence-corrected chi connectivity index (χ4v) is 2.62. The summed E-state index contributed by atoms with van der Waals surface area (Å²) >= 11 is 0. The Bertz CT molecular complexity index is 1060. The molecule has 29 heavy (non-hydrogen) atoms. The van der Waals surface area contributed by atoms with E-state index in [-0.39, 0.29) is 17.3 Å². The molecule has 3 aromatic rings. The van der Waals surface area contributed by atoms with Gasteiger partial charge in [0.1, 0.15) is 11.4 Å². The fraction of sp³-hybridized carbons (Fsp3) is 0.0909. The molecule has 0 atom stereocenters. The minimum atomic E-state index is -0.442. The molecular weight excluding hydrogens is 368 g/mol. The Hall–Kier alpha value is -4.00. The third-order valence-electron chi connectivity index (χ3n) is 4.07. The number of aromatic nitrogens is 1. The third kappa shape index (κ3) is 5.26. The SMILES string of the molecule is CC(=O)Nc1ccc(NC(=O)c2cccc(C(=O)Nc3ccccc3C)n2)cc1. The molecule has 7 nitrogen and oxygen atoms in total. The first-order chi connectivity index (χ1) is 13.9. The van der Waals surface area contributed by atoms with Crippen LogP contribution in [0.1, 0.15) is 33.5 Å². The zero-order valence-electron chi connectivity index (χ0n) is 16.0. The maximum Gasteiger partial charge on any atom is 0.274 e. The van der Waals surface area contributed by atoms with Crippen molar-refractivity contribution in [2.75, 3.05) is 16.0 Å². The summed E-state index contributed by atoms with van der Waals surface area (Å²) in [6.45, 7) is 3.31. The quantitative estimate of drug-likeness (QED) is 0.618. The summed E-state index contributed by atoms with van der Waals surface area (Å²) in [5, 5.41) is 8.17. The minimum absolute atomic E-state index is 0.119. The standard InChI is InChI=1S/C22H20N4O3/c1-14-6-3-4-7-18(14)26-22(29)20-9-5-8-19(25-20)21(28)24-17-12-10-16(11-13-17)23-15(2)27/h3-13H,1-2H3,(H,23,27)(H,24,28)(H,26,29). The van der Waals surface area contributed by atoms with E-state index in [1.807, 2.05) is 25.1 Å². The number of hydrogen-bond donors (Lipinski definition) is 3. The van der Waals surface area contributed by atoms with Crippen LogP contribution in [0.25, 0.3) is 0 Å². The largest absolute Gasteiger partial charge is 0.326 e. The maximum atomic E-state index is 12.5. The second-order valence-corrected chi connectivity index (χ2v) is 6.39. The van der Waals surface area contributed by atoms with Gasteiger partial charge in [0.25, 0.3) is 11.8 Å². The molecular formula is C22H20N4O3. The lowest BCUT2D eigenvalue weighted by molar-refractivity contribution is -0.114. The number of pyridine rings is 1. The average Bonchev–Trinajstić information content (AvgIpc) is 2.71. The summed E-state index contributed by atoms with van der Waals surface area (Å²) in [4.78, 5) is 40.2. The summed E-state index contributed by atoms with van der Waals surface area (Å²) in [6.07, 6.45) is 0. The molecule has 0 saturated carbocycles. The fourth-order valence-electron chi connectivity index (χ4n) is 2.62. The number of hydrogen-bond acceptors (Lipinski definition) is 4. The maximum absolute atomic E-state index is 12.5. The summed E-state index contributed by atoms with van der Waals surface area (Å²) in [5.74, 6) is -1.01. The highest BCUT2D eigenvalue weighted by atomic mass is 16.2. The number of rotatable bonds is 5. The molecule has 146 valence electrons. The molecule has 0 aliphatic rings. The molecule has 2 aromatic carbocycles. The lowest BCUT2D eigenvalue weighted by Gasteiger charge is -2.09. The highest BCUT2D eigenvalue weighted by molar-refractivity contribution is 6.06. The Balaban J connectivity index is 1.70. The molecule has 0 fully saturated rings. The third-order valence-corrected chi connectivity index (χ3v) is 4.07. The molecule has 1 heterocycles. The van der Waals surface area contributed by atoms with Crippen LogP contribution in [0.2, 0.25) is 0 Å². The van der Waals surface area contributed by atoms with Crippen molar-refractivity contribution in [2.45, 2.75) is 13.8 Å². The van der Waals surface area contributed by atoms with Gasteiger partial charge in [-0.25, -0.2) is 4.98 Å². The number of anilines is 3. The molecule has 0 saturated heterocycles. The Morgan fingerprint density at radius 1 is 0.690 bits per heavy atom. The van der Waals surface area contributed by atoms with Gasteiger partial charge in [0.05, 0.1) is 0 Å². The van der Waals surface area contributed by atoms with Gasteiger partial charge in [-0.3, -0.25) is 14.4 Å². The van der Waals surface area contributed by atoms with E-state index in [9.17, 15) is 14.4 Å². The zero-order valence-corrected chi connectivity index (χ0v) is 16.0. The van der Waals surface area contributed by atoms with Gasteiger partial charge in [-0.15, -0.1) is 0 Å². The monoisotopic (exact) mass is 388 g/mol. The molecule has 0 radical (unpaired) electrons. The smallest absolute Gasteiger partial charge is 0.274 e. The number of para-hydroxylation sites is 1. The summed E-state index contributed by atoms with van der Waals surface area (Å²) < 4.78 is 0. The minimum Gasteiger partial charge on any atom is -0.326 e. The van der Waals surface area contributed by atoms with Crippen molar-refractivity contribution < 1.29 is 14.4 Å². The van der Waals surface area contributed by atoms with Crippen molar-refractivity contribution in [3.05, 3.63) is 83.7 Å². The lowest BCUT2D eigenvalue weighted by atomic mass is 10.2. The molecule has 7 heteroatoms. The molecule has 3 amide bonds. The second kappa shape index (κ2) is 8.79. The highest BCUT2D eigenvalue weighted by Crippen LogP contribution is 2.16. The van der Waals surface area contributed by atoms with Crippen molar-refractivity contribution in [3.8, 4) is 0 Å². The molecule has 3 N–H and O–H groups in total. The Labute approximate surface area is 168 Å².